The van der Waals surface area contributed by atoms with E-state index < -0.39 is 0 Å². The van der Waals surface area contributed by atoms with Gasteiger partial charge in [-0.3, -0.25) is 0 Å². The Morgan fingerprint density at radius 1 is 1.20 bits per heavy atom. The molecule has 1 aromatic carbocycles. The molecule has 104 valence electrons. The first-order chi connectivity index (χ1) is 9.76. The normalized spacial score (nSPS) is 14.3. The molecule has 2 aromatic rings. The van der Waals surface area contributed by atoms with Crippen LogP contribution in [-0.2, 0) is 6.54 Å². The fraction of sp³-hybridized carbons (Fsp3) is 0.375. The third-order valence-electron chi connectivity index (χ3n) is 3.56. The summed E-state index contributed by atoms with van der Waals surface area (Å²) in [5.74, 6) is 2.35. The molecule has 0 saturated heterocycles. The Morgan fingerprint density at radius 2 is 1.95 bits per heavy atom. The zero-order valence-corrected chi connectivity index (χ0v) is 12.3. The Kier molecular flexibility index (Phi) is 3.88. The lowest BCUT2D eigenvalue weighted by molar-refractivity contribution is 0.794. The van der Waals surface area contributed by atoms with E-state index in [4.69, 9.17) is 16.6 Å². The van der Waals surface area contributed by atoms with Gasteiger partial charge in [0.25, 0.3) is 0 Å². The number of nitrogens with zero attached hydrogens (tertiary/aromatic N) is 3. The quantitative estimate of drug-likeness (QED) is 0.777. The van der Waals surface area contributed by atoms with Crippen molar-refractivity contribution < 1.29 is 0 Å². The zero-order valence-electron chi connectivity index (χ0n) is 11.6. The molecule has 0 amide bonds. The maximum absolute atomic E-state index is 6.15. The fourth-order valence-electron chi connectivity index (χ4n) is 2.27. The maximum Gasteiger partial charge on any atom is 0.135 e. The summed E-state index contributed by atoms with van der Waals surface area (Å²) in [5, 5.41) is 0.545. The minimum absolute atomic E-state index is 0.517. The molecular formula is C16H18ClN3. The molecule has 3 nitrogen and oxygen atoms in total. The van der Waals surface area contributed by atoms with E-state index in [1.807, 2.05) is 12.1 Å². The van der Waals surface area contributed by atoms with Gasteiger partial charge < -0.3 is 4.90 Å². The molecule has 1 fully saturated rings. The van der Waals surface area contributed by atoms with Gasteiger partial charge >= 0.3 is 0 Å². The van der Waals surface area contributed by atoms with E-state index in [9.17, 15) is 0 Å². The van der Waals surface area contributed by atoms with E-state index in [1.54, 1.807) is 0 Å². The minimum Gasteiger partial charge on any atom is -0.352 e. The van der Waals surface area contributed by atoms with Crippen molar-refractivity contribution in [3.63, 3.8) is 0 Å². The lowest BCUT2D eigenvalue weighted by atomic mass is 10.2. The lowest BCUT2D eigenvalue weighted by Crippen LogP contribution is -2.23. The van der Waals surface area contributed by atoms with Gasteiger partial charge in [-0.05, 0) is 25.3 Å². The van der Waals surface area contributed by atoms with Gasteiger partial charge in [0.2, 0.25) is 0 Å². The summed E-state index contributed by atoms with van der Waals surface area (Å²) >= 11 is 6.15. The highest BCUT2D eigenvalue weighted by atomic mass is 35.5. The van der Waals surface area contributed by atoms with E-state index in [2.05, 4.69) is 41.1 Å². The second-order valence-corrected chi connectivity index (χ2v) is 5.57. The summed E-state index contributed by atoms with van der Waals surface area (Å²) in [4.78, 5) is 11.3. The van der Waals surface area contributed by atoms with Crippen LogP contribution in [0, 0.1) is 0 Å². The van der Waals surface area contributed by atoms with Gasteiger partial charge in [-0.2, -0.15) is 0 Å². The van der Waals surface area contributed by atoms with Gasteiger partial charge in [-0.25, -0.2) is 9.97 Å². The summed E-state index contributed by atoms with van der Waals surface area (Å²) in [6, 6.07) is 12.3. The highest BCUT2D eigenvalue weighted by molar-refractivity contribution is 6.29. The summed E-state index contributed by atoms with van der Waals surface area (Å²) in [6.45, 7) is 3.87. The van der Waals surface area contributed by atoms with Crippen molar-refractivity contribution in [3.8, 4) is 0 Å². The molecule has 20 heavy (non-hydrogen) atoms. The first-order valence-corrected chi connectivity index (χ1v) is 7.47. The minimum atomic E-state index is 0.517. The Hall–Kier alpha value is -1.61. The number of benzene rings is 1. The molecule has 0 atom stereocenters. The smallest absolute Gasteiger partial charge is 0.135 e. The first kappa shape index (κ1) is 13.4. The largest absolute Gasteiger partial charge is 0.352 e. The van der Waals surface area contributed by atoms with Crippen LogP contribution < -0.4 is 4.90 Å². The molecule has 1 aliphatic carbocycles. The van der Waals surface area contributed by atoms with Gasteiger partial charge in [0, 0.05) is 25.1 Å². The fourth-order valence-corrected chi connectivity index (χ4v) is 2.45. The van der Waals surface area contributed by atoms with Crippen molar-refractivity contribution in [1.82, 2.24) is 9.97 Å². The number of aromatic nitrogens is 2. The maximum atomic E-state index is 6.15. The summed E-state index contributed by atoms with van der Waals surface area (Å²) in [5.41, 5.74) is 1.28. The number of hydrogen-bond acceptors (Lipinski definition) is 3. The molecule has 0 unspecified atom stereocenters. The average Bonchev–Trinajstić information content (AvgIpc) is 3.30. The second kappa shape index (κ2) is 5.80. The molecule has 1 saturated carbocycles. The topological polar surface area (TPSA) is 29.0 Å². The molecule has 4 heteroatoms. The predicted octanol–water partition coefficient (Wildman–Crippen LogP) is 4.03. The molecule has 0 bridgehead atoms. The van der Waals surface area contributed by atoms with E-state index in [1.165, 1.54) is 18.4 Å². The van der Waals surface area contributed by atoms with Gasteiger partial charge in [0.1, 0.15) is 16.8 Å². The molecule has 1 heterocycles. The molecule has 0 radical (unpaired) electrons. The molecule has 1 aromatic heterocycles. The van der Waals surface area contributed by atoms with E-state index in [-0.39, 0.29) is 0 Å². The van der Waals surface area contributed by atoms with Gasteiger partial charge in [-0.15, -0.1) is 0 Å². The summed E-state index contributed by atoms with van der Waals surface area (Å²) < 4.78 is 0. The Balaban J connectivity index is 1.85. The highest BCUT2D eigenvalue weighted by Gasteiger charge is 2.27. The third kappa shape index (κ3) is 3.10. The molecule has 1 aliphatic rings. The highest BCUT2D eigenvalue weighted by Crippen LogP contribution is 2.39. The Bertz CT molecular complexity index is 582. The Labute approximate surface area is 124 Å². The van der Waals surface area contributed by atoms with Crippen molar-refractivity contribution >= 4 is 17.4 Å². The standard InChI is InChI=1S/C16H18ClN3/c1-2-20(11-12-6-4-3-5-7-12)15-10-14(17)18-16(19-15)13-8-9-13/h3-7,10,13H,2,8-9,11H2,1H3. The predicted molar refractivity (Wildman–Crippen MR) is 82.2 cm³/mol. The summed E-state index contributed by atoms with van der Waals surface area (Å²) in [7, 11) is 0. The summed E-state index contributed by atoms with van der Waals surface area (Å²) in [6.07, 6.45) is 2.37. The zero-order chi connectivity index (χ0) is 13.9. The van der Waals surface area contributed by atoms with Crippen molar-refractivity contribution in [3.05, 3.63) is 52.9 Å². The second-order valence-electron chi connectivity index (χ2n) is 5.18. The molecular weight excluding hydrogens is 270 g/mol. The number of rotatable bonds is 5. The van der Waals surface area contributed by atoms with Crippen LogP contribution in [0.2, 0.25) is 5.15 Å². The van der Waals surface area contributed by atoms with Gasteiger partial charge in [-0.1, -0.05) is 41.9 Å². The van der Waals surface area contributed by atoms with Crippen molar-refractivity contribution in [2.75, 3.05) is 11.4 Å². The Morgan fingerprint density at radius 3 is 2.60 bits per heavy atom. The third-order valence-corrected chi connectivity index (χ3v) is 3.76. The van der Waals surface area contributed by atoms with E-state index >= 15 is 0 Å². The van der Waals surface area contributed by atoms with Crippen molar-refractivity contribution in [2.45, 2.75) is 32.2 Å². The van der Waals surface area contributed by atoms with E-state index in [0.29, 0.717) is 11.1 Å². The van der Waals surface area contributed by atoms with Crippen LogP contribution in [0.25, 0.3) is 0 Å². The molecule has 3 rings (SSSR count). The van der Waals surface area contributed by atoms with E-state index in [0.717, 1.165) is 24.7 Å². The van der Waals surface area contributed by atoms with Crippen LogP contribution in [0.3, 0.4) is 0 Å². The van der Waals surface area contributed by atoms with Crippen LogP contribution >= 0.6 is 11.6 Å². The van der Waals surface area contributed by atoms with Crippen LogP contribution in [0.4, 0.5) is 5.82 Å². The number of hydrogen-bond donors (Lipinski definition) is 0. The van der Waals surface area contributed by atoms with Gasteiger partial charge in [0.15, 0.2) is 0 Å². The van der Waals surface area contributed by atoms with Crippen LogP contribution in [0.5, 0.6) is 0 Å². The lowest BCUT2D eigenvalue weighted by Gasteiger charge is -2.22. The van der Waals surface area contributed by atoms with Crippen LogP contribution in [-0.4, -0.2) is 16.5 Å². The number of halogens is 1. The SMILES string of the molecule is CCN(Cc1ccccc1)c1cc(Cl)nc(C2CC2)n1. The monoisotopic (exact) mass is 287 g/mol. The van der Waals surface area contributed by atoms with Crippen LogP contribution in [0.15, 0.2) is 36.4 Å². The molecule has 0 spiro atoms. The number of anilines is 1. The van der Waals surface area contributed by atoms with Gasteiger partial charge in [0.05, 0.1) is 0 Å². The molecule has 0 aliphatic heterocycles. The van der Waals surface area contributed by atoms with Crippen molar-refractivity contribution in [1.29, 1.82) is 0 Å². The van der Waals surface area contributed by atoms with Crippen molar-refractivity contribution in [2.24, 2.45) is 0 Å². The first-order valence-electron chi connectivity index (χ1n) is 7.09. The van der Waals surface area contributed by atoms with Crippen LogP contribution in [0.1, 0.15) is 37.1 Å². The average molecular weight is 288 g/mol. The molecule has 0 N–H and O–H groups in total.